The van der Waals surface area contributed by atoms with Crippen LogP contribution < -0.4 is 10.1 Å². The number of carboxylic acid groups (broad SMARTS) is 1. The summed E-state index contributed by atoms with van der Waals surface area (Å²) in [5.74, 6) is -0.388. The van der Waals surface area contributed by atoms with Crippen molar-refractivity contribution in [3.8, 4) is 16.9 Å². The highest BCUT2D eigenvalue weighted by molar-refractivity contribution is 5.73. The average Bonchev–Trinajstić information content (AvgIpc) is 3.02. The standard InChI is InChI=1S/C19H25N3O5/c1-19(2,3)27-18(25)20-7-8-22-12-15(11-21-22)13-5-6-14(10-17(23)24)16(9-13)26-4/h5-6,9,11-12H,7-8,10H2,1-4H3,(H,20,25)(H,23,24). The Kier molecular flexibility index (Phi) is 6.44. The molecule has 0 saturated heterocycles. The molecule has 0 atom stereocenters. The fourth-order valence-corrected chi connectivity index (χ4v) is 2.45. The Morgan fingerprint density at radius 2 is 2.00 bits per heavy atom. The molecule has 2 aromatic rings. The number of carbonyl (C=O) groups excluding carboxylic acids is 1. The molecular formula is C19H25N3O5. The van der Waals surface area contributed by atoms with Crippen molar-refractivity contribution in [1.82, 2.24) is 15.1 Å². The Balaban J connectivity index is 1.99. The van der Waals surface area contributed by atoms with Gasteiger partial charge in [-0.2, -0.15) is 5.10 Å². The Hall–Kier alpha value is -3.03. The molecule has 1 amide bonds. The maximum Gasteiger partial charge on any atom is 0.407 e. The van der Waals surface area contributed by atoms with Crippen molar-refractivity contribution < 1.29 is 24.2 Å². The maximum atomic E-state index is 11.6. The normalized spacial score (nSPS) is 11.1. The van der Waals surface area contributed by atoms with Crippen LogP contribution in [0, 0.1) is 0 Å². The molecule has 1 aromatic carbocycles. The minimum Gasteiger partial charge on any atom is -0.496 e. The summed E-state index contributed by atoms with van der Waals surface area (Å²) in [5, 5.41) is 15.9. The second-order valence-corrected chi connectivity index (χ2v) is 7.02. The van der Waals surface area contributed by atoms with Crippen LogP contribution in [0.3, 0.4) is 0 Å². The fraction of sp³-hybridized carbons (Fsp3) is 0.421. The van der Waals surface area contributed by atoms with E-state index in [4.69, 9.17) is 14.6 Å². The molecule has 1 aromatic heterocycles. The minimum atomic E-state index is -0.911. The molecule has 0 spiro atoms. The van der Waals surface area contributed by atoms with Gasteiger partial charge in [-0.05, 0) is 32.4 Å². The third-order valence-electron chi connectivity index (χ3n) is 3.60. The summed E-state index contributed by atoms with van der Waals surface area (Å²) in [6.45, 7) is 6.30. The van der Waals surface area contributed by atoms with E-state index in [1.165, 1.54) is 7.11 Å². The SMILES string of the molecule is COc1cc(-c2cnn(CCNC(=O)OC(C)(C)C)c2)ccc1CC(=O)O. The number of rotatable bonds is 7. The van der Waals surface area contributed by atoms with E-state index in [-0.39, 0.29) is 6.42 Å². The maximum absolute atomic E-state index is 11.6. The number of aromatic nitrogens is 2. The molecule has 2 N–H and O–H groups in total. The number of benzene rings is 1. The molecule has 0 aliphatic heterocycles. The number of hydrogen-bond acceptors (Lipinski definition) is 5. The van der Waals surface area contributed by atoms with E-state index in [1.807, 2.05) is 33.0 Å². The number of carbonyl (C=O) groups is 2. The first kappa shape index (κ1) is 20.3. The van der Waals surface area contributed by atoms with Crippen molar-refractivity contribution >= 4 is 12.1 Å². The van der Waals surface area contributed by atoms with E-state index in [9.17, 15) is 9.59 Å². The zero-order valence-corrected chi connectivity index (χ0v) is 16.0. The van der Waals surface area contributed by atoms with Crippen LogP contribution in [-0.4, -0.2) is 46.2 Å². The predicted molar refractivity (Wildman–Crippen MR) is 99.8 cm³/mol. The van der Waals surface area contributed by atoms with Crippen molar-refractivity contribution in [1.29, 1.82) is 0 Å². The lowest BCUT2D eigenvalue weighted by atomic mass is 10.0. The zero-order valence-electron chi connectivity index (χ0n) is 16.0. The molecule has 0 saturated carbocycles. The number of alkyl carbamates (subject to hydrolysis) is 1. The van der Waals surface area contributed by atoms with Crippen molar-refractivity contribution in [2.24, 2.45) is 0 Å². The third-order valence-corrected chi connectivity index (χ3v) is 3.60. The highest BCUT2D eigenvalue weighted by atomic mass is 16.6. The monoisotopic (exact) mass is 375 g/mol. The first-order valence-corrected chi connectivity index (χ1v) is 8.56. The second-order valence-electron chi connectivity index (χ2n) is 7.02. The Labute approximate surface area is 158 Å². The smallest absolute Gasteiger partial charge is 0.407 e. The molecule has 0 bridgehead atoms. The summed E-state index contributed by atoms with van der Waals surface area (Å²) in [6.07, 6.45) is 2.99. The average molecular weight is 375 g/mol. The molecule has 0 aliphatic rings. The van der Waals surface area contributed by atoms with E-state index in [1.54, 1.807) is 23.0 Å². The van der Waals surface area contributed by atoms with E-state index in [0.29, 0.717) is 24.4 Å². The fourth-order valence-electron chi connectivity index (χ4n) is 2.45. The number of methoxy groups -OCH3 is 1. The summed E-state index contributed by atoms with van der Waals surface area (Å²) in [5.41, 5.74) is 1.82. The molecule has 8 heteroatoms. The molecule has 146 valence electrons. The number of ether oxygens (including phenoxy) is 2. The van der Waals surface area contributed by atoms with Crippen LogP contribution in [0.15, 0.2) is 30.6 Å². The van der Waals surface area contributed by atoms with E-state index in [0.717, 1.165) is 11.1 Å². The van der Waals surface area contributed by atoms with E-state index in [2.05, 4.69) is 10.4 Å². The largest absolute Gasteiger partial charge is 0.496 e. The summed E-state index contributed by atoms with van der Waals surface area (Å²) in [6, 6.07) is 5.36. The van der Waals surface area contributed by atoms with E-state index >= 15 is 0 Å². The predicted octanol–water partition coefficient (Wildman–Crippen LogP) is 2.71. The second kappa shape index (κ2) is 8.57. The van der Waals surface area contributed by atoms with Gasteiger partial charge in [-0.1, -0.05) is 12.1 Å². The lowest BCUT2D eigenvalue weighted by Gasteiger charge is -2.19. The number of nitrogens with zero attached hydrogens (tertiary/aromatic N) is 2. The van der Waals surface area contributed by atoms with Crippen molar-refractivity contribution in [3.05, 3.63) is 36.2 Å². The zero-order chi connectivity index (χ0) is 20.0. The summed E-state index contributed by atoms with van der Waals surface area (Å²) >= 11 is 0. The van der Waals surface area contributed by atoms with Gasteiger partial charge in [0, 0.05) is 23.9 Å². The highest BCUT2D eigenvalue weighted by Gasteiger charge is 2.15. The van der Waals surface area contributed by atoms with Crippen molar-refractivity contribution in [2.45, 2.75) is 39.3 Å². The molecule has 0 fully saturated rings. The first-order chi connectivity index (χ1) is 12.7. The van der Waals surface area contributed by atoms with Gasteiger partial charge in [0.2, 0.25) is 0 Å². The molecule has 27 heavy (non-hydrogen) atoms. The van der Waals surface area contributed by atoms with Crippen molar-refractivity contribution in [2.75, 3.05) is 13.7 Å². The number of carboxylic acids is 1. The van der Waals surface area contributed by atoms with Gasteiger partial charge >= 0.3 is 12.1 Å². The van der Waals surface area contributed by atoms with Crippen LogP contribution in [-0.2, 0) is 22.5 Å². The number of hydrogen-bond donors (Lipinski definition) is 2. The van der Waals surface area contributed by atoms with Gasteiger partial charge in [0.25, 0.3) is 0 Å². The summed E-state index contributed by atoms with van der Waals surface area (Å²) in [4.78, 5) is 22.5. The van der Waals surface area contributed by atoms with Crippen LogP contribution in [0.4, 0.5) is 4.79 Å². The van der Waals surface area contributed by atoms with Crippen LogP contribution in [0.5, 0.6) is 5.75 Å². The van der Waals surface area contributed by atoms with Crippen LogP contribution in [0.2, 0.25) is 0 Å². The summed E-state index contributed by atoms with van der Waals surface area (Å²) in [7, 11) is 1.51. The number of amides is 1. The molecule has 1 heterocycles. The lowest BCUT2D eigenvalue weighted by molar-refractivity contribution is -0.136. The van der Waals surface area contributed by atoms with Crippen LogP contribution in [0.25, 0.3) is 11.1 Å². The van der Waals surface area contributed by atoms with Gasteiger partial charge in [-0.25, -0.2) is 4.79 Å². The van der Waals surface area contributed by atoms with Gasteiger partial charge < -0.3 is 19.9 Å². The number of aliphatic carboxylic acids is 1. The number of nitrogens with one attached hydrogen (secondary N) is 1. The molecular weight excluding hydrogens is 350 g/mol. The van der Waals surface area contributed by atoms with Crippen molar-refractivity contribution in [3.63, 3.8) is 0 Å². The van der Waals surface area contributed by atoms with Crippen LogP contribution >= 0.6 is 0 Å². The Morgan fingerprint density at radius 1 is 1.26 bits per heavy atom. The quantitative estimate of drug-likeness (QED) is 0.771. The van der Waals surface area contributed by atoms with Gasteiger partial charge in [0.05, 0.1) is 26.3 Å². The Morgan fingerprint density at radius 3 is 2.63 bits per heavy atom. The van der Waals surface area contributed by atoms with Gasteiger partial charge in [-0.15, -0.1) is 0 Å². The van der Waals surface area contributed by atoms with Crippen LogP contribution in [0.1, 0.15) is 26.3 Å². The molecule has 0 unspecified atom stereocenters. The summed E-state index contributed by atoms with van der Waals surface area (Å²) < 4.78 is 12.2. The van der Waals surface area contributed by atoms with Gasteiger partial charge in [0.15, 0.2) is 0 Å². The molecule has 2 rings (SSSR count). The van der Waals surface area contributed by atoms with Gasteiger partial charge in [-0.3, -0.25) is 9.48 Å². The highest BCUT2D eigenvalue weighted by Crippen LogP contribution is 2.27. The lowest BCUT2D eigenvalue weighted by Crippen LogP contribution is -2.34. The van der Waals surface area contributed by atoms with E-state index < -0.39 is 17.7 Å². The molecule has 0 aliphatic carbocycles. The minimum absolute atomic E-state index is 0.0982. The Bertz CT molecular complexity index is 808. The van der Waals surface area contributed by atoms with Gasteiger partial charge in [0.1, 0.15) is 11.4 Å². The third kappa shape index (κ3) is 6.32. The first-order valence-electron chi connectivity index (χ1n) is 8.56. The molecule has 8 nitrogen and oxygen atoms in total. The topological polar surface area (TPSA) is 103 Å². The molecule has 0 radical (unpaired) electrons.